The molecular formula is C24H20N2O4. The molecule has 3 aromatic carbocycles. The quantitative estimate of drug-likeness (QED) is 0.592. The average Bonchev–Trinajstić information content (AvgIpc) is 2.74. The van der Waals surface area contributed by atoms with Crippen molar-refractivity contribution in [3.8, 4) is 0 Å². The molecule has 0 aliphatic heterocycles. The fraction of sp³-hybridized carbons (Fsp3) is 0.0833. The molecule has 2 N–H and O–H groups in total. The second kappa shape index (κ2) is 8.96. The number of benzene rings is 3. The highest BCUT2D eigenvalue weighted by molar-refractivity contribution is 6.15. The van der Waals surface area contributed by atoms with Crippen LogP contribution in [0.2, 0.25) is 0 Å². The number of hydrogen-bond acceptors (Lipinski definition) is 4. The van der Waals surface area contributed by atoms with E-state index in [-0.39, 0.29) is 22.7 Å². The van der Waals surface area contributed by atoms with Gasteiger partial charge in [0.1, 0.15) is 0 Å². The topological polar surface area (TPSA) is 92.3 Å². The number of anilines is 2. The smallest absolute Gasteiger partial charge is 0.256 e. The standard InChI is InChI=1S/C24H20N2O4/c1-15(27)17-7-11-19(12-8-17)25-23(29)21-5-3-4-6-22(21)24(30)26-20-13-9-18(10-14-20)16(2)28/h3-14H,1-2H3,(H,25,29)(H,26,30). The van der Waals surface area contributed by atoms with Crippen molar-refractivity contribution in [1.82, 2.24) is 0 Å². The lowest BCUT2D eigenvalue weighted by Crippen LogP contribution is -2.20. The molecule has 0 aromatic heterocycles. The van der Waals surface area contributed by atoms with Crippen LogP contribution >= 0.6 is 0 Å². The molecule has 0 spiro atoms. The summed E-state index contributed by atoms with van der Waals surface area (Å²) in [5.74, 6) is -1.01. The van der Waals surface area contributed by atoms with Crippen LogP contribution in [0.5, 0.6) is 0 Å². The molecule has 150 valence electrons. The van der Waals surface area contributed by atoms with Crippen molar-refractivity contribution in [2.75, 3.05) is 10.6 Å². The van der Waals surface area contributed by atoms with Crippen molar-refractivity contribution >= 4 is 34.8 Å². The first-order valence-electron chi connectivity index (χ1n) is 9.29. The zero-order chi connectivity index (χ0) is 21.7. The number of carbonyl (C=O) groups is 4. The summed E-state index contributed by atoms with van der Waals surface area (Å²) in [6, 6.07) is 19.5. The van der Waals surface area contributed by atoms with E-state index < -0.39 is 11.8 Å². The van der Waals surface area contributed by atoms with Crippen LogP contribution in [0.25, 0.3) is 0 Å². The molecule has 0 saturated carbocycles. The molecule has 0 heterocycles. The summed E-state index contributed by atoms with van der Waals surface area (Å²) >= 11 is 0. The predicted molar refractivity (Wildman–Crippen MR) is 115 cm³/mol. The third-order valence-corrected chi connectivity index (χ3v) is 4.51. The van der Waals surface area contributed by atoms with E-state index in [2.05, 4.69) is 10.6 Å². The Morgan fingerprint density at radius 3 is 1.17 bits per heavy atom. The second-order valence-electron chi connectivity index (χ2n) is 6.72. The monoisotopic (exact) mass is 400 g/mol. The number of carbonyl (C=O) groups excluding carboxylic acids is 4. The molecule has 0 fully saturated rings. The first-order chi connectivity index (χ1) is 14.3. The Morgan fingerprint density at radius 2 is 0.867 bits per heavy atom. The third-order valence-electron chi connectivity index (χ3n) is 4.51. The second-order valence-corrected chi connectivity index (χ2v) is 6.72. The summed E-state index contributed by atoms with van der Waals surface area (Å²) in [7, 11) is 0. The zero-order valence-electron chi connectivity index (χ0n) is 16.6. The largest absolute Gasteiger partial charge is 0.322 e. The summed E-state index contributed by atoms with van der Waals surface area (Å²) in [6.45, 7) is 2.94. The van der Waals surface area contributed by atoms with Crippen LogP contribution in [-0.4, -0.2) is 23.4 Å². The normalized spacial score (nSPS) is 10.2. The molecule has 2 amide bonds. The van der Waals surface area contributed by atoms with Gasteiger partial charge in [-0.3, -0.25) is 19.2 Å². The van der Waals surface area contributed by atoms with Crippen molar-refractivity contribution in [2.24, 2.45) is 0 Å². The Labute approximate surface area is 173 Å². The van der Waals surface area contributed by atoms with Crippen molar-refractivity contribution in [1.29, 1.82) is 0 Å². The van der Waals surface area contributed by atoms with Crippen molar-refractivity contribution in [3.05, 3.63) is 95.1 Å². The first-order valence-corrected chi connectivity index (χ1v) is 9.29. The van der Waals surface area contributed by atoms with Crippen LogP contribution in [0.1, 0.15) is 55.3 Å². The van der Waals surface area contributed by atoms with Gasteiger partial charge in [-0.05, 0) is 74.5 Å². The Balaban J connectivity index is 1.77. The highest BCUT2D eigenvalue weighted by Gasteiger charge is 2.17. The number of amides is 2. The minimum atomic E-state index is -0.441. The van der Waals surface area contributed by atoms with Gasteiger partial charge in [0.05, 0.1) is 11.1 Å². The summed E-state index contributed by atoms with van der Waals surface area (Å²) in [5.41, 5.74) is 2.55. The lowest BCUT2D eigenvalue weighted by Gasteiger charge is -2.11. The lowest BCUT2D eigenvalue weighted by molar-refractivity contribution is 0.0990. The fourth-order valence-electron chi connectivity index (χ4n) is 2.85. The lowest BCUT2D eigenvalue weighted by atomic mass is 10.1. The minimum absolute atomic E-state index is 0.0637. The van der Waals surface area contributed by atoms with E-state index in [9.17, 15) is 19.2 Å². The number of hydrogen-bond donors (Lipinski definition) is 2. The predicted octanol–water partition coefficient (Wildman–Crippen LogP) is 4.60. The summed E-state index contributed by atoms with van der Waals surface area (Å²) in [4.78, 5) is 48.2. The van der Waals surface area contributed by atoms with E-state index in [0.29, 0.717) is 22.5 Å². The fourth-order valence-corrected chi connectivity index (χ4v) is 2.85. The Morgan fingerprint density at radius 1 is 0.533 bits per heavy atom. The molecule has 6 heteroatoms. The van der Waals surface area contributed by atoms with E-state index in [0.717, 1.165) is 0 Å². The van der Waals surface area contributed by atoms with Crippen molar-refractivity contribution < 1.29 is 19.2 Å². The molecular weight excluding hydrogens is 380 g/mol. The van der Waals surface area contributed by atoms with Gasteiger partial charge in [-0.25, -0.2) is 0 Å². The molecule has 0 radical (unpaired) electrons. The van der Waals surface area contributed by atoms with E-state index in [1.54, 1.807) is 72.8 Å². The van der Waals surface area contributed by atoms with Gasteiger partial charge in [0.15, 0.2) is 11.6 Å². The highest BCUT2D eigenvalue weighted by atomic mass is 16.2. The van der Waals surface area contributed by atoms with Crippen LogP contribution in [0.3, 0.4) is 0 Å². The summed E-state index contributed by atoms with van der Waals surface area (Å²) in [5, 5.41) is 5.47. The van der Waals surface area contributed by atoms with Gasteiger partial charge >= 0.3 is 0 Å². The van der Waals surface area contributed by atoms with E-state index >= 15 is 0 Å². The molecule has 0 saturated heterocycles. The molecule has 0 atom stereocenters. The Kier molecular flexibility index (Phi) is 6.17. The van der Waals surface area contributed by atoms with Crippen molar-refractivity contribution in [3.63, 3.8) is 0 Å². The molecule has 0 bridgehead atoms. The maximum absolute atomic E-state index is 12.7. The SMILES string of the molecule is CC(=O)c1ccc(NC(=O)c2ccccc2C(=O)Nc2ccc(C(C)=O)cc2)cc1. The van der Waals surface area contributed by atoms with Crippen LogP contribution in [0, 0.1) is 0 Å². The molecule has 0 aliphatic carbocycles. The van der Waals surface area contributed by atoms with Gasteiger partial charge in [-0.15, -0.1) is 0 Å². The van der Waals surface area contributed by atoms with Gasteiger partial charge in [0.25, 0.3) is 11.8 Å². The first kappa shape index (κ1) is 20.7. The van der Waals surface area contributed by atoms with Gasteiger partial charge in [-0.1, -0.05) is 12.1 Å². The molecule has 0 unspecified atom stereocenters. The summed E-state index contributed by atoms with van der Waals surface area (Å²) < 4.78 is 0. The number of nitrogens with one attached hydrogen (secondary N) is 2. The molecule has 3 rings (SSSR count). The highest BCUT2D eigenvalue weighted by Crippen LogP contribution is 2.17. The zero-order valence-corrected chi connectivity index (χ0v) is 16.6. The van der Waals surface area contributed by atoms with E-state index in [4.69, 9.17) is 0 Å². The van der Waals surface area contributed by atoms with Crippen molar-refractivity contribution in [2.45, 2.75) is 13.8 Å². The molecule has 6 nitrogen and oxygen atoms in total. The summed E-state index contributed by atoms with van der Waals surface area (Å²) in [6.07, 6.45) is 0. The number of Topliss-reactive ketones (excluding diaryl/α,β-unsaturated/α-hetero) is 2. The van der Waals surface area contributed by atoms with Crippen LogP contribution in [0.15, 0.2) is 72.8 Å². The molecule has 0 aliphatic rings. The van der Waals surface area contributed by atoms with Gasteiger partial charge < -0.3 is 10.6 Å². The van der Waals surface area contributed by atoms with E-state index in [1.165, 1.54) is 13.8 Å². The maximum atomic E-state index is 12.7. The van der Waals surface area contributed by atoms with Gasteiger partial charge in [0, 0.05) is 22.5 Å². The van der Waals surface area contributed by atoms with Crippen LogP contribution < -0.4 is 10.6 Å². The molecule has 3 aromatic rings. The van der Waals surface area contributed by atoms with Crippen LogP contribution in [-0.2, 0) is 0 Å². The molecule has 30 heavy (non-hydrogen) atoms. The number of rotatable bonds is 6. The average molecular weight is 400 g/mol. The van der Waals surface area contributed by atoms with Gasteiger partial charge in [-0.2, -0.15) is 0 Å². The van der Waals surface area contributed by atoms with E-state index in [1.807, 2.05) is 0 Å². The Bertz CT molecular complexity index is 1030. The van der Waals surface area contributed by atoms with Gasteiger partial charge in [0.2, 0.25) is 0 Å². The third kappa shape index (κ3) is 4.86. The number of ketones is 2. The van der Waals surface area contributed by atoms with Crippen LogP contribution in [0.4, 0.5) is 11.4 Å². The minimum Gasteiger partial charge on any atom is -0.322 e. The Hall–Kier alpha value is -4.06. The maximum Gasteiger partial charge on any atom is 0.256 e.